The van der Waals surface area contributed by atoms with Gasteiger partial charge in [-0.15, -0.1) is 0 Å². The zero-order valence-corrected chi connectivity index (χ0v) is 14.0. The average molecular weight is 350 g/mol. The Kier molecular flexibility index (Phi) is 6.14. The molecule has 0 radical (unpaired) electrons. The zero-order chi connectivity index (χ0) is 15.1. The Morgan fingerprint density at radius 3 is 2.62 bits per heavy atom. The minimum Gasteiger partial charge on any atom is -0.385 e. The molecule has 1 aromatic heterocycles. The first-order valence-corrected chi connectivity index (χ1v) is 7.89. The highest BCUT2D eigenvalue weighted by atomic mass is 79.9. The normalized spacial score (nSPS) is 10.6. The van der Waals surface area contributed by atoms with E-state index in [1.807, 2.05) is 30.3 Å². The Bertz CT molecular complexity index is 572. The summed E-state index contributed by atoms with van der Waals surface area (Å²) in [4.78, 5) is 9.21. The fourth-order valence-corrected chi connectivity index (χ4v) is 2.19. The van der Waals surface area contributed by atoms with Crippen molar-refractivity contribution in [2.45, 2.75) is 19.8 Å². The molecule has 5 heteroatoms. The van der Waals surface area contributed by atoms with Crippen LogP contribution < -0.4 is 5.32 Å². The number of aromatic nitrogens is 2. The number of benzene rings is 1. The van der Waals surface area contributed by atoms with Crippen LogP contribution in [0.4, 0.5) is 5.82 Å². The molecule has 112 valence electrons. The standard InChI is InChI=1S/C16H20BrN3O/c1-3-14-11-15(18-9-4-10-21-2)20-16(19-14)12-5-7-13(17)8-6-12/h5-8,11H,3-4,9-10H2,1-2H3,(H,18,19,20). The number of hydrogen-bond donors (Lipinski definition) is 1. The second-order valence-electron chi connectivity index (χ2n) is 4.70. The van der Waals surface area contributed by atoms with Gasteiger partial charge in [0.1, 0.15) is 5.82 Å². The summed E-state index contributed by atoms with van der Waals surface area (Å²) in [6, 6.07) is 10.1. The molecular formula is C16H20BrN3O. The first-order chi connectivity index (χ1) is 10.2. The fraction of sp³-hybridized carbons (Fsp3) is 0.375. The molecule has 0 spiro atoms. The average Bonchev–Trinajstić information content (AvgIpc) is 2.52. The molecule has 21 heavy (non-hydrogen) atoms. The van der Waals surface area contributed by atoms with Crippen molar-refractivity contribution < 1.29 is 4.74 Å². The Morgan fingerprint density at radius 1 is 1.19 bits per heavy atom. The molecule has 0 saturated carbocycles. The van der Waals surface area contributed by atoms with E-state index in [9.17, 15) is 0 Å². The van der Waals surface area contributed by atoms with Gasteiger partial charge < -0.3 is 10.1 Å². The van der Waals surface area contributed by atoms with Crippen LogP contribution in [0.3, 0.4) is 0 Å². The molecule has 0 aliphatic heterocycles. The number of halogens is 1. The zero-order valence-electron chi connectivity index (χ0n) is 12.4. The second kappa shape index (κ2) is 8.10. The lowest BCUT2D eigenvalue weighted by Gasteiger charge is -2.09. The molecule has 0 bridgehead atoms. The molecule has 2 rings (SSSR count). The van der Waals surface area contributed by atoms with Crippen LogP contribution in [0.5, 0.6) is 0 Å². The number of nitrogens with zero attached hydrogens (tertiary/aromatic N) is 2. The second-order valence-corrected chi connectivity index (χ2v) is 5.62. The molecule has 0 aliphatic rings. The Balaban J connectivity index is 2.18. The van der Waals surface area contributed by atoms with Crippen molar-refractivity contribution in [2.24, 2.45) is 0 Å². The molecule has 2 aromatic rings. The largest absolute Gasteiger partial charge is 0.385 e. The van der Waals surface area contributed by atoms with Crippen LogP contribution in [0.25, 0.3) is 11.4 Å². The number of rotatable bonds is 7. The van der Waals surface area contributed by atoms with Gasteiger partial charge in [-0.1, -0.05) is 35.0 Å². The van der Waals surface area contributed by atoms with Crippen molar-refractivity contribution in [3.8, 4) is 11.4 Å². The highest BCUT2D eigenvalue weighted by Crippen LogP contribution is 2.20. The molecular weight excluding hydrogens is 330 g/mol. The van der Waals surface area contributed by atoms with Gasteiger partial charge in [-0.2, -0.15) is 0 Å². The monoisotopic (exact) mass is 349 g/mol. The van der Waals surface area contributed by atoms with E-state index in [1.54, 1.807) is 7.11 Å². The molecule has 1 heterocycles. The third-order valence-electron chi connectivity index (χ3n) is 3.08. The van der Waals surface area contributed by atoms with Gasteiger partial charge in [-0.3, -0.25) is 0 Å². The van der Waals surface area contributed by atoms with Crippen LogP contribution in [0.2, 0.25) is 0 Å². The van der Waals surface area contributed by atoms with Crippen LogP contribution in [-0.2, 0) is 11.2 Å². The number of ether oxygens (including phenoxy) is 1. The highest BCUT2D eigenvalue weighted by molar-refractivity contribution is 9.10. The molecule has 0 amide bonds. The third kappa shape index (κ3) is 4.79. The Labute approximate surface area is 134 Å². The van der Waals surface area contributed by atoms with Crippen LogP contribution in [0.1, 0.15) is 19.0 Å². The molecule has 0 aliphatic carbocycles. The van der Waals surface area contributed by atoms with Crippen LogP contribution in [0.15, 0.2) is 34.8 Å². The maximum Gasteiger partial charge on any atom is 0.161 e. The minimum atomic E-state index is 0.748. The maximum absolute atomic E-state index is 5.05. The smallest absolute Gasteiger partial charge is 0.161 e. The van der Waals surface area contributed by atoms with Crippen molar-refractivity contribution in [3.63, 3.8) is 0 Å². The Morgan fingerprint density at radius 2 is 1.95 bits per heavy atom. The van der Waals surface area contributed by atoms with Crippen molar-refractivity contribution in [1.82, 2.24) is 9.97 Å². The molecule has 0 fully saturated rings. The van der Waals surface area contributed by atoms with E-state index in [1.165, 1.54) is 0 Å². The van der Waals surface area contributed by atoms with Crippen LogP contribution in [-0.4, -0.2) is 30.2 Å². The van der Waals surface area contributed by atoms with Crippen molar-refractivity contribution in [3.05, 3.63) is 40.5 Å². The van der Waals surface area contributed by atoms with Gasteiger partial charge in [0.25, 0.3) is 0 Å². The summed E-state index contributed by atoms with van der Waals surface area (Å²) >= 11 is 3.44. The predicted octanol–water partition coefficient (Wildman–Crippen LogP) is 3.92. The number of methoxy groups -OCH3 is 1. The Hall–Kier alpha value is -1.46. The summed E-state index contributed by atoms with van der Waals surface area (Å²) < 4.78 is 6.10. The fourth-order valence-electron chi connectivity index (χ4n) is 1.93. The highest BCUT2D eigenvalue weighted by Gasteiger charge is 2.06. The quantitative estimate of drug-likeness (QED) is 0.769. The topological polar surface area (TPSA) is 47.0 Å². The summed E-state index contributed by atoms with van der Waals surface area (Å²) in [7, 11) is 1.71. The maximum atomic E-state index is 5.05. The first kappa shape index (κ1) is 15.9. The van der Waals surface area contributed by atoms with Gasteiger partial charge in [0.15, 0.2) is 5.82 Å². The lowest BCUT2D eigenvalue weighted by atomic mass is 10.2. The van der Waals surface area contributed by atoms with Crippen molar-refractivity contribution in [2.75, 3.05) is 25.6 Å². The molecule has 0 atom stereocenters. The van der Waals surface area contributed by atoms with Gasteiger partial charge in [-0.05, 0) is 25.0 Å². The summed E-state index contributed by atoms with van der Waals surface area (Å²) in [6.45, 7) is 3.69. The van der Waals surface area contributed by atoms with Gasteiger partial charge in [0, 0.05) is 42.1 Å². The van der Waals surface area contributed by atoms with Gasteiger partial charge in [0.2, 0.25) is 0 Å². The van der Waals surface area contributed by atoms with Gasteiger partial charge in [-0.25, -0.2) is 9.97 Å². The van der Waals surface area contributed by atoms with E-state index in [4.69, 9.17) is 4.74 Å². The summed E-state index contributed by atoms with van der Waals surface area (Å²) in [5.41, 5.74) is 2.06. The summed E-state index contributed by atoms with van der Waals surface area (Å²) in [6.07, 6.45) is 1.84. The number of anilines is 1. The number of aryl methyl sites for hydroxylation is 1. The molecule has 0 unspecified atom stereocenters. The SMILES string of the molecule is CCc1cc(NCCCOC)nc(-c2ccc(Br)cc2)n1. The number of hydrogen-bond acceptors (Lipinski definition) is 4. The summed E-state index contributed by atoms with van der Waals surface area (Å²) in [5, 5.41) is 3.34. The van der Waals surface area contributed by atoms with Crippen LogP contribution in [0, 0.1) is 0 Å². The third-order valence-corrected chi connectivity index (χ3v) is 3.60. The van der Waals surface area contributed by atoms with E-state index in [2.05, 4.69) is 38.1 Å². The van der Waals surface area contributed by atoms with Gasteiger partial charge >= 0.3 is 0 Å². The van der Waals surface area contributed by atoms with Crippen molar-refractivity contribution in [1.29, 1.82) is 0 Å². The summed E-state index contributed by atoms with van der Waals surface area (Å²) in [5.74, 6) is 1.63. The van der Waals surface area contributed by atoms with E-state index in [0.717, 1.165) is 53.4 Å². The van der Waals surface area contributed by atoms with Crippen molar-refractivity contribution >= 4 is 21.7 Å². The van der Waals surface area contributed by atoms with Crippen LogP contribution >= 0.6 is 15.9 Å². The molecule has 1 aromatic carbocycles. The van der Waals surface area contributed by atoms with Gasteiger partial charge in [0.05, 0.1) is 0 Å². The first-order valence-electron chi connectivity index (χ1n) is 7.09. The molecule has 4 nitrogen and oxygen atoms in total. The lowest BCUT2D eigenvalue weighted by molar-refractivity contribution is 0.198. The molecule has 0 saturated heterocycles. The van der Waals surface area contributed by atoms with E-state index < -0.39 is 0 Å². The number of nitrogens with one attached hydrogen (secondary N) is 1. The minimum absolute atomic E-state index is 0.748. The molecule has 1 N–H and O–H groups in total. The van der Waals surface area contributed by atoms with E-state index >= 15 is 0 Å². The lowest BCUT2D eigenvalue weighted by Crippen LogP contribution is -2.08. The predicted molar refractivity (Wildman–Crippen MR) is 89.5 cm³/mol. The van der Waals surface area contributed by atoms with E-state index in [0.29, 0.717) is 0 Å². The van der Waals surface area contributed by atoms with E-state index in [-0.39, 0.29) is 0 Å².